The van der Waals surface area contributed by atoms with Crippen molar-refractivity contribution in [2.24, 2.45) is 7.05 Å². The third-order valence-corrected chi connectivity index (χ3v) is 3.11. The Kier molecular flexibility index (Phi) is 3.47. The van der Waals surface area contributed by atoms with E-state index in [2.05, 4.69) is 6.58 Å². The molecular formula is C16H15NO2. The average molecular weight is 253 g/mol. The fourth-order valence-corrected chi connectivity index (χ4v) is 2.17. The standard InChI is InChI=1S/C16H15NO2/c1-4-8-13-11(5-2)12-9-6-7-10-14(12)16(19)17(3)15(13)18/h4-10H,2H2,1,3H3/b8-4-. The molecule has 0 amide bonds. The molecule has 19 heavy (non-hydrogen) atoms. The van der Waals surface area contributed by atoms with Gasteiger partial charge in [0.15, 0.2) is 0 Å². The first-order valence-corrected chi connectivity index (χ1v) is 6.03. The van der Waals surface area contributed by atoms with E-state index in [9.17, 15) is 9.59 Å². The lowest BCUT2D eigenvalue weighted by Gasteiger charge is -1.98. The van der Waals surface area contributed by atoms with Gasteiger partial charge >= 0.3 is 0 Å². The summed E-state index contributed by atoms with van der Waals surface area (Å²) >= 11 is 0. The summed E-state index contributed by atoms with van der Waals surface area (Å²) in [7, 11) is 1.50. The second-order valence-electron chi connectivity index (χ2n) is 4.25. The molecule has 0 saturated carbocycles. The topological polar surface area (TPSA) is 39.1 Å². The molecular weight excluding hydrogens is 238 g/mol. The van der Waals surface area contributed by atoms with Gasteiger partial charge in [-0.2, -0.15) is 0 Å². The lowest BCUT2D eigenvalue weighted by Crippen LogP contribution is -2.28. The summed E-state index contributed by atoms with van der Waals surface area (Å²) in [5, 5.41) is 1.26. The van der Waals surface area contributed by atoms with Crippen LogP contribution in [0.15, 0.2) is 46.5 Å². The van der Waals surface area contributed by atoms with Gasteiger partial charge in [-0.3, -0.25) is 14.2 Å². The maximum absolute atomic E-state index is 12.3. The van der Waals surface area contributed by atoms with Gasteiger partial charge in [0, 0.05) is 18.0 Å². The van der Waals surface area contributed by atoms with E-state index in [1.165, 1.54) is 7.05 Å². The van der Waals surface area contributed by atoms with Gasteiger partial charge in [0.05, 0.1) is 0 Å². The van der Waals surface area contributed by atoms with Crippen molar-refractivity contribution < 1.29 is 0 Å². The predicted octanol–water partition coefficient (Wildman–Crippen LogP) is 2.57. The van der Waals surface area contributed by atoms with Crippen LogP contribution in [0.5, 0.6) is 0 Å². The van der Waals surface area contributed by atoms with Crippen LogP contribution in [0.2, 0.25) is 0 Å². The van der Waals surface area contributed by atoms with Crippen LogP contribution in [0.3, 0.4) is 0 Å². The molecule has 0 bridgehead atoms. The Bertz CT molecular complexity index is 798. The highest BCUT2D eigenvalue weighted by molar-refractivity contribution is 5.91. The minimum Gasteiger partial charge on any atom is -0.277 e. The summed E-state index contributed by atoms with van der Waals surface area (Å²) < 4.78 is 1.14. The summed E-state index contributed by atoms with van der Waals surface area (Å²) in [5.41, 5.74) is 0.573. The Labute approximate surface area is 111 Å². The molecule has 3 nitrogen and oxygen atoms in total. The molecule has 0 saturated heterocycles. The van der Waals surface area contributed by atoms with Crippen molar-refractivity contribution in [1.82, 2.24) is 4.57 Å². The first-order chi connectivity index (χ1) is 9.11. The van der Waals surface area contributed by atoms with Crippen LogP contribution in [-0.2, 0) is 7.05 Å². The van der Waals surface area contributed by atoms with Crippen molar-refractivity contribution >= 4 is 22.9 Å². The second kappa shape index (κ2) is 5.06. The Hall–Kier alpha value is -2.42. The number of rotatable bonds is 2. The Morgan fingerprint density at radius 1 is 1.05 bits per heavy atom. The molecule has 0 unspecified atom stereocenters. The Balaban J connectivity index is 3.26. The molecule has 1 aromatic heterocycles. The van der Waals surface area contributed by atoms with Crippen LogP contribution in [-0.4, -0.2) is 4.57 Å². The number of nitrogens with zero attached hydrogens (tertiary/aromatic N) is 1. The highest BCUT2D eigenvalue weighted by Crippen LogP contribution is 2.18. The number of benzene rings is 1. The number of fused-ring (bicyclic) bond motifs is 1. The summed E-state index contributed by atoms with van der Waals surface area (Å²) in [6.45, 7) is 5.60. The zero-order chi connectivity index (χ0) is 14.0. The van der Waals surface area contributed by atoms with E-state index in [0.717, 1.165) is 9.95 Å². The zero-order valence-corrected chi connectivity index (χ0v) is 11.0. The van der Waals surface area contributed by atoms with Crippen LogP contribution >= 0.6 is 0 Å². The molecule has 0 N–H and O–H groups in total. The molecule has 3 heteroatoms. The largest absolute Gasteiger partial charge is 0.277 e. The predicted molar refractivity (Wildman–Crippen MR) is 80.3 cm³/mol. The van der Waals surface area contributed by atoms with Gasteiger partial charge < -0.3 is 0 Å². The highest BCUT2D eigenvalue weighted by Gasteiger charge is 2.10. The van der Waals surface area contributed by atoms with Gasteiger partial charge in [0.25, 0.3) is 11.1 Å². The van der Waals surface area contributed by atoms with E-state index in [4.69, 9.17) is 0 Å². The number of hydrogen-bond acceptors (Lipinski definition) is 2. The van der Waals surface area contributed by atoms with Gasteiger partial charge in [0.2, 0.25) is 0 Å². The van der Waals surface area contributed by atoms with Crippen molar-refractivity contribution in [2.45, 2.75) is 6.92 Å². The summed E-state index contributed by atoms with van der Waals surface area (Å²) in [5.74, 6) is 0. The maximum atomic E-state index is 12.3. The normalized spacial score (nSPS) is 11.1. The molecule has 0 radical (unpaired) electrons. The summed E-state index contributed by atoms with van der Waals surface area (Å²) in [6, 6.07) is 7.19. The van der Waals surface area contributed by atoms with Gasteiger partial charge in [-0.25, -0.2) is 0 Å². The summed E-state index contributed by atoms with van der Waals surface area (Å²) in [6.07, 6.45) is 5.12. The number of allylic oxidation sites excluding steroid dienone is 1. The highest BCUT2D eigenvalue weighted by atomic mass is 16.2. The first kappa shape index (κ1) is 13.0. The SMILES string of the molecule is C=Cc1c(/C=C\C)c(=O)n(C)c(=O)c2ccccc12. The minimum absolute atomic E-state index is 0.292. The van der Waals surface area contributed by atoms with E-state index < -0.39 is 0 Å². The van der Waals surface area contributed by atoms with E-state index >= 15 is 0 Å². The van der Waals surface area contributed by atoms with Crippen molar-refractivity contribution in [3.63, 3.8) is 0 Å². The van der Waals surface area contributed by atoms with E-state index in [0.29, 0.717) is 16.5 Å². The molecule has 1 aromatic carbocycles. The lowest BCUT2D eigenvalue weighted by atomic mass is 10.0. The third kappa shape index (κ3) is 2.03. The van der Waals surface area contributed by atoms with Crippen molar-refractivity contribution in [3.8, 4) is 0 Å². The smallest absolute Gasteiger partial charge is 0.261 e. The number of hydrogen-bond donors (Lipinski definition) is 0. The maximum Gasteiger partial charge on any atom is 0.261 e. The van der Waals surface area contributed by atoms with E-state index in [-0.39, 0.29) is 11.1 Å². The van der Waals surface area contributed by atoms with Crippen LogP contribution in [0.4, 0.5) is 0 Å². The van der Waals surface area contributed by atoms with Crippen LogP contribution in [0.25, 0.3) is 22.9 Å². The third-order valence-electron chi connectivity index (χ3n) is 3.11. The molecule has 0 aliphatic carbocycles. The van der Waals surface area contributed by atoms with Gasteiger partial charge in [-0.1, -0.05) is 43.0 Å². The quantitative estimate of drug-likeness (QED) is 0.825. The second-order valence-corrected chi connectivity index (χ2v) is 4.25. The van der Waals surface area contributed by atoms with Crippen molar-refractivity contribution in [2.75, 3.05) is 0 Å². The van der Waals surface area contributed by atoms with Crippen LogP contribution < -0.4 is 11.1 Å². The molecule has 2 aromatic rings. The lowest BCUT2D eigenvalue weighted by molar-refractivity contribution is 0.835. The summed E-state index contributed by atoms with van der Waals surface area (Å²) in [4.78, 5) is 24.6. The van der Waals surface area contributed by atoms with Gasteiger partial charge in [0.1, 0.15) is 0 Å². The minimum atomic E-state index is -0.311. The monoisotopic (exact) mass is 253 g/mol. The fraction of sp³-hybridized carbons (Fsp3) is 0.125. The van der Waals surface area contributed by atoms with Crippen molar-refractivity contribution in [1.29, 1.82) is 0 Å². The molecule has 1 heterocycles. The van der Waals surface area contributed by atoms with Gasteiger partial charge in [-0.05, 0) is 23.9 Å². The zero-order valence-electron chi connectivity index (χ0n) is 11.0. The number of aromatic nitrogens is 1. The molecule has 0 atom stereocenters. The molecule has 96 valence electrons. The van der Waals surface area contributed by atoms with Crippen molar-refractivity contribution in [3.05, 3.63) is 68.8 Å². The van der Waals surface area contributed by atoms with Gasteiger partial charge in [-0.15, -0.1) is 0 Å². The Morgan fingerprint density at radius 3 is 2.26 bits per heavy atom. The molecule has 2 rings (SSSR count). The van der Waals surface area contributed by atoms with Crippen LogP contribution in [0.1, 0.15) is 18.1 Å². The molecule has 0 spiro atoms. The van der Waals surface area contributed by atoms with Crippen LogP contribution in [0, 0.1) is 0 Å². The Morgan fingerprint density at radius 2 is 1.68 bits per heavy atom. The van der Waals surface area contributed by atoms with E-state index in [1.54, 1.807) is 30.4 Å². The fourth-order valence-electron chi connectivity index (χ4n) is 2.17. The average Bonchev–Trinajstić information content (AvgIpc) is 2.51. The first-order valence-electron chi connectivity index (χ1n) is 6.03. The molecule has 0 aliphatic heterocycles. The van der Waals surface area contributed by atoms with E-state index in [1.807, 2.05) is 19.1 Å². The molecule has 0 fully saturated rings. The molecule has 0 aliphatic rings.